The van der Waals surface area contributed by atoms with Gasteiger partial charge in [0.1, 0.15) is 5.82 Å². The molecule has 0 aromatic carbocycles. The monoisotopic (exact) mass is 281 g/mol. The maximum Gasteiger partial charge on any atom is 0.221 e. The van der Waals surface area contributed by atoms with Gasteiger partial charge in [0.25, 0.3) is 0 Å². The van der Waals surface area contributed by atoms with E-state index in [-0.39, 0.29) is 42.9 Å². The molecule has 2 heterocycles. The normalized spacial score (nSPS) is 22.8. The molecule has 1 aliphatic heterocycles. The van der Waals surface area contributed by atoms with Crippen LogP contribution in [0.15, 0.2) is 12.3 Å². The first-order chi connectivity index (χ1) is 7.20. The number of nitrogens with zero attached hydrogens (tertiary/aromatic N) is 3. The fraction of sp³-hybridized carbons (Fsp3) is 0.556. The molecule has 2 rings (SSSR count). The predicted octanol–water partition coefficient (Wildman–Crippen LogP) is 0.0647. The first kappa shape index (κ1) is 16.2. The molecule has 1 saturated heterocycles. The van der Waals surface area contributed by atoms with Crippen molar-refractivity contribution in [2.45, 2.75) is 12.1 Å². The molecule has 0 amide bonds. The number of nitrogens with two attached hydrogens (primary N) is 2. The maximum absolute atomic E-state index is 5.91. The van der Waals surface area contributed by atoms with E-state index in [9.17, 15) is 0 Å². The summed E-state index contributed by atoms with van der Waals surface area (Å²) < 4.78 is 5.26. The predicted molar refractivity (Wildman–Crippen MR) is 71.9 cm³/mol. The smallest absolute Gasteiger partial charge is 0.221 e. The van der Waals surface area contributed by atoms with Crippen LogP contribution >= 0.6 is 24.8 Å². The SMILES string of the molecule is CO[C@@H]1CN(c2ccnc(N)n2)C[C@@H]1N.Cl.Cl. The first-order valence-corrected chi connectivity index (χ1v) is 4.82. The van der Waals surface area contributed by atoms with Crippen molar-refractivity contribution >= 4 is 36.6 Å². The molecule has 17 heavy (non-hydrogen) atoms. The fourth-order valence-electron chi connectivity index (χ4n) is 1.78. The van der Waals surface area contributed by atoms with E-state index in [1.807, 2.05) is 6.07 Å². The van der Waals surface area contributed by atoms with E-state index in [1.165, 1.54) is 0 Å². The highest BCUT2D eigenvalue weighted by Gasteiger charge is 2.30. The lowest BCUT2D eigenvalue weighted by Crippen LogP contribution is -2.34. The topological polar surface area (TPSA) is 90.3 Å². The largest absolute Gasteiger partial charge is 0.378 e. The summed E-state index contributed by atoms with van der Waals surface area (Å²) in [6.45, 7) is 1.48. The van der Waals surface area contributed by atoms with Crippen LogP contribution in [0.1, 0.15) is 0 Å². The number of ether oxygens (including phenoxy) is 1. The first-order valence-electron chi connectivity index (χ1n) is 4.82. The van der Waals surface area contributed by atoms with Gasteiger partial charge in [-0.25, -0.2) is 4.98 Å². The molecule has 0 aliphatic carbocycles. The Bertz CT molecular complexity index is 354. The third-order valence-corrected chi connectivity index (χ3v) is 2.60. The lowest BCUT2D eigenvalue weighted by atomic mass is 10.2. The Kier molecular flexibility index (Phi) is 6.48. The molecule has 0 spiro atoms. The van der Waals surface area contributed by atoms with Crippen LogP contribution in [0, 0.1) is 0 Å². The molecule has 1 fully saturated rings. The highest BCUT2D eigenvalue weighted by Crippen LogP contribution is 2.18. The summed E-state index contributed by atoms with van der Waals surface area (Å²) in [5.41, 5.74) is 11.4. The van der Waals surface area contributed by atoms with Gasteiger partial charge < -0.3 is 21.1 Å². The average molecular weight is 282 g/mol. The third kappa shape index (κ3) is 3.57. The number of hydrogen-bond donors (Lipinski definition) is 2. The molecule has 0 unspecified atom stereocenters. The van der Waals surface area contributed by atoms with Crippen molar-refractivity contribution in [3.63, 3.8) is 0 Å². The van der Waals surface area contributed by atoms with Crippen LogP contribution in [-0.2, 0) is 4.74 Å². The molecule has 4 N–H and O–H groups in total. The van der Waals surface area contributed by atoms with Crippen LogP contribution in [0.5, 0.6) is 0 Å². The van der Waals surface area contributed by atoms with Crippen molar-refractivity contribution in [2.75, 3.05) is 30.8 Å². The Hall–Kier alpha value is -0.820. The second-order valence-corrected chi connectivity index (χ2v) is 3.62. The molecule has 8 heteroatoms. The molecule has 1 aromatic rings. The van der Waals surface area contributed by atoms with Crippen LogP contribution < -0.4 is 16.4 Å². The summed E-state index contributed by atoms with van der Waals surface area (Å²) in [6, 6.07) is 1.84. The average Bonchev–Trinajstić information content (AvgIpc) is 2.60. The summed E-state index contributed by atoms with van der Waals surface area (Å²) in [4.78, 5) is 10.0. The van der Waals surface area contributed by atoms with Gasteiger partial charge in [-0.15, -0.1) is 24.8 Å². The fourth-order valence-corrected chi connectivity index (χ4v) is 1.78. The Morgan fingerprint density at radius 2 is 2.12 bits per heavy atom. The third-order valence-electron chi connectivity index (χ3n) is 2.60. The zero-order valence-electron chi connectivity index (χ0n) is 9.44. The second kappa shape index (κ2) is 6.80. The van der Waals surface area contributed by atoms with E-state index in [4.69, 9.17) is 16.2 Å². The quantitative estimate of drug-likeness (QED) is 0.797. The Labute approximate surface area is 113 Å². The molecule has 0 radical (unpaired) electrons. The zero-order valence-corrected chi connectivity index (χ0v) is 11.1. The van der Waals surface area contributed by atoms with Crippen molar-refractivity contribution < 1.29 is 4.74 Å². The highest BCUT2D eigenvalue weighted by atomic mass is 35.5. The molecule has 2 atom stereocenters. The van der Waals surface area contributed by atoms with Crippen LogP contribution in [-0.4, -0.2) is 42.3 Å². The van der Waals surface area contributed by atoms with Crippen molar-refractivity contribution in [3.05, 3.63) is 12.3 Å². The molecule has 0 bridgehead atoms. The maximum atomic E-state index is 5.91. The van der Waals surface area contributed by atoms with Crippen LogP contribution in [0.3, 0.4) is 0 Å². The number of aromatic nitrogens is 2. The zero-order chi connectivity index (χ0) is 10.8. The number of anilines is 2. The Morgan fingerprint density at radius 3 is 2.65 bits per heavy atom. The molecular formula is C9H17Cl2N5O. The van der Waals surface area contributed by atoms with E-state index >= 15 is 0 Å². The summed E-state index contributed by atoms with van der Waals surface area (Å²) >= 11 is 0. The van der Waals surface area contributed by atoms with Gasteiger partial charge >= 0.3 is 0 Å². The summed E-state index contributed by atoms with van der Waals surface area (Å²) in [5, 5.41) is 0. The van der Waals surface area contributed by atoms with Crippen molar-refractivity contribution in [3.8, 4) is 0 Å². The molecule has 0 saturated carbocycles. The van der Waals surface area contributed by atoms with Crippen molar-refractivity contribution in [1.82, 2.24) is 9.97 Å². The molecular weight excluding hydrogens is 265 g/mol. The minimum atomic E-state index is 0. The lowest BCUT2D eigenvalue weighted by molar-refractivity contribution is 0.108. The Balaban J connectivity index is 0.00000128. The minimum absolute atomic E-state index is 0. The standard InChI is InChI=1S/C9H15N5O.2ClH/c1-15-7-5-14(4-6(7)10)8-2-3-12-9(11)13-8;;/h2-3,6-7H,4-5,10H2,1H3,(H2,11,12,13);2*1H/t6-,7+;;/m0../s1. The van der Waals surface area contributed by atoms with Gasteiger partial charge in [0.05, 0.1) is 12.1 Å². The van der Waals surface area contributed by atoms with Crippen LogP contribution in [0.2, 0.25) is 0 Å². The van der Waals surface area contributed by atoms with E-state index in [0.717, 1.165) is 18.9 Å². The number of methoxy groups -OCH3 is 1. The van der Waals surface area contributed by atoms with Gasteiger partial charge in [0, 0.05) is 26.4 Å². The van der Waals surface area contributed by atoms with Crippen molar-refractivity contribution in [1.29, 1.82) is 0 Å². The summed E-state index contributed by atoms with van der Waals surface area (Å²) in [7, 11) is 1.67. The van der Waals surface area contributed by atoms with Crippen molar-refractivity contribution in [2.24, 2.45) is 5.73 Å². The van der Waals surface area contributed by atoms with E-state index in [1.54, 1.807) is 13.3 Å². The molecule has 1 aliphatic rings. The van der Waals surface area contributed by atoms with Crippen LogP contribution in [0.4, 0.5) is 11.8 Å². The number of nitrogen functional groups attached to an aromatic ring is 1. The lowest BCUT2D eigenvalue weighted by Gasteiger charge is -2.16. The van der Waals surface area contributed by atoms with E-state index in [0.29, 0.717) is 0 Å². The number of hydrogen-bond acceptors (Lipinski definition) is 6. The van der Waals surface area contributed by atoms with Gasteiger partial charge in [-0.2, -0.15) is 4.98 Å². The van der Waals surface area contributed by atoms with E-state index < -0.39 is 0 Å². The molecule has 6 nitrogen and oxygen atoms in total. The second-order valence-electron chi connectivity index (χ2n) is 3.62. The Morgan fingerprint density at radius 1 is 1.41 bits per heavy atom. The number of rotatable bonds is 2. The van der Waals surface area contributed by atoms with Gasteiger partial charge in [0.15, 0.2) is 0 Å². The highest BCUT2D eigenvalue weighted by molar-refractivity contribution is 5.85. The molecule has 1 aromatic heterocycles. The van der Waals surface area contributed by atoms with Gasteiger partial charge in [0.2, 0.25) is 5.95 Å². The van der Waals surface area contributed by atoms with Crippen LogP contribution in [0.25, 0.3) is 0 Å². The minimum Gasteiger partial charge on any atom is -0.378 e. The molecule has 98 valence electrons. The summed E-state index contributed by atoms with van der Waals surface area (Å²) in [6.07, 6.45) is 1.70. The number of halogens is 2. The summed E-state index contributed by atoms with van der Waals surface area (Å²) in [5.74, 6) is 1.08. The van der Waals surface area contributed by atoms with Gasteiger partial charge in [-0.05, 0) is 6.07 Å². The van der Waals surface area contributed by atoms with Gasteiger partial charge in [-0.3, -0.25) is 0 Å². The van der Waals surface area contributed by atoms with Gasteiger partial charge in [-0.1, -0.05) is 0 Å². The van der Waals surface area contributed by atoms with E-state index in [2.05, 4.69) is 14.9 Å².